The second-order valence-electron chi connectivity index (χ2n) is 1.87. The van der Waals surface area contributed by atoms with Crippen LogP contribution in [0.2, 0.25) is 0 Å². The molecule has 1 heterocycles. The lowest BCUT2D eigenvalue weighted by Crippen LogP contribution is -2.24. The fraction of sp³-hybridized carbons (Fsp3) is 0.800. The fourth-order valence-electron chi connectivity index (χ4n) is 0.698. The molecule has 1 rings (SSSR count). The number of esters is 1. The minimum absolute atomic E-state index is 0.0932. The fourth-order valence-corrected chi connectivity index (χ4v) is 0.698. The monoisotopic (exact) mass is 115 g/mol. The summed E-state index contributed by atoms with van der Waals surface area (Å²) < 4.78 is 4.65. The molecule has 0 amide bonds. The van der Waals surface area contributed by atoms with Gasteiger partial charge in [0.2, 0.25) is 0 Å². The molecule has 1 aliphatic rings. The summed E-state index contributed by atoms with van der Waals surface area (Å²) in [4.78, 5) is 10.4. The lowest BCUT2D eigenvalue weighted by molar-refractivity contribution is -0.137. The largest absolute Gasteiger partial charge is 0.464 e. The zero-order valence-electron chi connectivity index (χ0n) is 4.81. The summed E-state index contributed by atoms with van der Waals surface area (Å²) in [6.07, 6.45) is 0.524. The first-order valence-electron chi connectivity index (χ1n) is 2.66. The highest BCUT2D eigenvalue weighted by atomic mass is 16.5. The van der Waals surface area contributed by atoms with E-state index in [1.165, 1.54) is 0 Å². The molecule has 1 fully saturated rings. The first kappa shape index (κ1) is 5.56. The molecule has 0 aromatic rings. The Bertz CT molecular complexity index is 103. The maximum atomic E-state index is 10.4. The minimum atomic E-state index is -0.0932. The quantitative estimate of drug-likeness (QED) is 0.469. The average Bonchev–Trinajstić information content (AvgIpc) is 2.14. The normalized spacial score (nSPS) is 28.1. The molecule has 8 heavy (non-hydrogen) atoms. The highest BCUT2D eigenvalue weighted by molar-refractivity contribution is 5.72. The predicted molar refractivity (Wildman–Crippen MR) is 28.4 cm³/mol. The van der Waals surface area contributed by atoms with E-state index in [0.717, 1.165) is 0 Å². The highest BCUT2D eigenvalue weighted by Gasteiger charge is 2.20. The van der Waals surface area contributed by atoms with Crippen LogP contribution in [-0.4, -0.2) is 25.7 Å². The molecule has 0 spiro atoms. The van der Waals surface area contributed by atoms with Crippen LogP contribution in [0.3, 0.4) is 0 Å². The van der Waals surface area contributed by atoms with Crippen molar-refractivity contribution < 1.29 is 9.53 Å². The van der Waals surface area contributed by atoms with E-state index >= 15 is 0 Å². The van der Waals surface area contributed by atoms with Gasteiger partial charge in [-0.1, -0.05) is 0 Å². The van der Waals surface area contributed by atoms with Gasteiger partial charge in [0.1, 0.15) is 6.61 Å². The third-order valence-electron chi connectivity index (χ3n) is 1.27. The number of cyclic esters (lactones) is 1. The molecule has 0 bridgehead atoms. The van der Waals surface area contributed by atoms with Crippen LogP contribution >= 0.6 is 0 Å². The van der Waals surface area contributed by atoms with Crippen LogP contribution in [0.25, 0.3) is 0 Å². The van der Waals surface area contributed by atoms with Crippen LogP contribution < -0.4 is 5.32 Å². The van der Waals surface area contributed by atoms with Crippen LogP contribution in [0, 0.1) is 0 Å². The van der Waals surface area contributed by atoms with Gasteiger partial charge in [-0.15, -0.1) is 0 Å². The van der Waals surface area contributed by atoms with Crippen LogP contribution in [-0.2, 0) is 9.53 Å². The topological polar surface area (TPSA) is 38.3 Å². The number of nitrogens with one attached hydrogen (secondary N) is 1. The summed E-state index contributed by atoms with van der Waals surface area (Å²) in [5, 5.41) is 2.95. The van der Waals surface area contributed by atoms with Gasteiger partial charge in [0, 0.05) is 0 Å². The molecule has 46 valence electrons. The molecule has 0 radical (unpaired) electrons. The highest BCUT2D eigenvalue weighted by Crippen LogP contribution is 2.03. The van der Waals surface area contributed by atoms with Crippen molar-refractivity contribution >= 4 is 5.97 Å². The molecule has 3 nitrogen and oxygen atoms in total. The Kier molecular flexibility index (Phi) is 1.48. The molecule has 0 aromatic heterocycles. The van der Waals surface area contributed by atoms with Crippen molar-refractivity contribution in [2.75, 3.05) is 13.7 Å². The molecule has 0 aromatic carbocycles. The van der Waals surface area contributed by atoms with E-state index < -0.39 is 0 Å². The third kappa shape index (κ3) is 0.980. The second kappa shape index (κ2) is 2.13. The van der Waals surface area contributed by atoms with E-state index in [1.54, 1.807) is 0 Å². The molecule has 1 atom stereocenters. The maximum Gasteiger partial charge on any atom is 0.307 e. The Morgan fingerprint density at radius 1 is 1.88 bits per heavy atom. The van der Waals surface area contributed by atoms with E-state index in [4.69, 9.17) is 0 Å². The van der Waals surface area contributed by atoms with Crippen molar-refractivity contribution in [3.63, 3.8) is 0 Å². The van der Waals surface area contributed by atoms with E-state index in [0.29, 0.717) is 13.0 Å². The van der Waals surface area contributed by atoms with E-state index in [9.17, 15) is 4.79 Å². The van der Waals surface area contributed by atoms with Crippen molar-refractivity contribution in [2.45, 2.75) is 12.5 Å². The second-order valence-corrected chi connectivity index (χ2v) is 1.87. The lowest BCUT2D eigenvalue weighted by atomic mass is 10.3. The summed E-state index contributed by atoms with van der Waals surface area (Å²) in [6.45, 7) is 0.537. The number of carbonyl (C=O) groups is 1. The average molecular weight is 115 g/mol. The molecule has 0 unspecified atom stereocenters. The number of carbonyl (C=O) groups excluding carboxylic acids is 1. The number of hydrogen-bond donors (Lipinski definition) is 1. The summed E-state index contributed by atoms with van der Waals surface area (Å²) in [6, 6.07) is 0.252. The van der Waals surface area contributed by atoms with Crippen molar-refractivity contribution in [3.05, 3.63) is 0 Å². The van der Waals surface area contributed by atoms with Crippen molar-refractivity contribution in [3.8, 4) is 0 Å². The van der Waals surface area contributed by atoms with Gasteiger partial charge < -0.3 is 10.1 Å². The molecular weight excluding hydrogens is 106 g/mol. The summed E-state index contributed by atoms with van der Waals surface area (Å²) >= 11 is 0. The molecular formula is C5H9NO2. The van der Waals surface area contributed by atoms with Gasteiger partial charge in [-0.3, -0.25) is 4.79 Å². The standard InChI is InChI=1S/C5H9NO2/c1-6-4-2-5(7)8-3-4/h4,6H,2-3H2,1H3/t4-/m0/s1. The van der Waals surface area contributed by atoms with Crippen molar-refractivity contribution in [1.29, 1.82) is 0 Å². The van der Waals surface area contributed by atoms with Crippen LogP contribution in [0.5, 0.6) is 0 Å². The SMILES string of the molecule is CN[C@@H]1COC(=O)C1. The zero-order valence-corrected chi connectivity index (χ0v) is 4.81. The summed E-state index contributed by atoms with van der Waals surface area (Å²) in [5.74, 6) is -0.0932. The van der Waals surface area contributed by atoms with Gasteiger partial charge in [-0.05, 0) is 7.05 Å². The number of rotatable bonds is 1. The van der Waals surface area contributed by atoms with Gasteiger partial charge >= 0.3 is 5.97 Å². The van der Waals surface area contributed by atoms with Crippen LogP contribution in [0.4, 0.5) is 0 Å². The molecule has 1 saturated heterocycles. The Morgan fingerprint density at radius 2 is 2.62 bits per heavy atom. The molecule has 1 aliphatic heterocycles. The van der Waals surface area contributed by atoms with Gasteiger partial charge in [-0.25, -0.2) is 0 Å². The minimum Gasteiger partial charge on any atom is -0.464 e. The molecule has 1 N–H and O–H groups in total. The number of hydrogen-bond acceptors (Lipinski definition) is 3. The van der Waals surface area contributed by atoms with Gasteiger partial charge in [0.15, 0.2) is 0 Å². The third-order valence-corrected chi connectivity index (χ3v) is 1.27. The maximum absolute atomic E-state index is 10.4. The van der Waals surface area contributed by atoms with E-state index in [1.807, 2.05) is 7.05 Å². The summed E-state index contributed by atoms with van der Waals surface area (Å²) in [7, 11) is 1.83. The van der Waals surface area contributed by atoms with Gasteiger partial charge in [0.05, 0.1) is 12.5 Å². The van der Waals surface area contributed by atoms with Crippen molar-refractivity contribution in [1.82, 2.24) is 5.32 Å². The smallest absolute Gasteiger partial charge is 0.307 e. The van der Waals surface area contributed by atoms with E-state index in [2.05, 4.69) is 10.1 Å². The Labute approximate surface area is 48.0 Å². The van der Waals surface area contributed by atoms with Crippen LogP contribution in [0.1, 0.15) is 6.42 Å². The first-order valence-corrected chi connectivity index (χ1v) is 2.66. The Balaban J connectivity index is 2.32. The first-order chi connectivity index (χ1) is 3.83. The van der Waals surface area contributed by atoms with Gasteiger partial charge in [0.25, 0.3) is 0 Å². The Hall–Kier alpha value is -0.570. The van der Waals surface area contributed by atoms with Crippen molar-refractivity contribution in [2.24, 2.45) is 0 Å². The Morgan fingerprint density at radius 3 is 2.88 bits per heavy atom. The number of likely N-dealkylation sites (N-methyl/N-ethyl adjacent to an activating group) is 1. The van der Waals surface area contributed by atoms with Crippen LogP contribution in [0.15, 0.2) is 0 Å². The predicted octanol–water partition coefficient (Wildman–Crippen LogP) is -0.479. The zero-order chi connectivity index (χ0) is 5.98. The number of ether oxygens (including phenoxy) is 1. The molecule has 0 saturated carbocycles. The lowest BCUT2D eigenvalue weighted by Gasteiger charge is -1.99. The van der Waals surface area contributed by atoms with Gasteiger partial charge in [-0.2, -0.15) is 0 Å². The molecule has 0 aliphatic carbocycles. The summed E-state index contributed by atoms with van der Waals surface area (Å²) in [5.41, 5.74) is 0. The molecule has 3 heteroatoms. The van der Waals surface area contributed by atoms with E-state index in [-0.39, 0.29) is 12.0 Å².